The molecule has 1 saturated heterocycles. The third-order valence-corrected chi connectivity index (χ3v) is 3.41. The number of nitrogens with zero attached hydrogens (tertiary/aromatic N) is 1. The fourth-order valence-electron chi connectivity index (χ4n) is 1.89. The van der Waals surface area contributed by atoms with E-state index in [-0.39, 0.29) is 11.9 Å². The third kappa shape index (κ3) is 2.03. The van der Waals surface area contributed by atoms with Gasteiger partial charge >= 0.3 is 0 Å². The zero-order chi connectivity index (χ0) is 11.9. The maximum atomic E-state index is 11.7. The van der Waals surface area contributed by atoms with Gasteiger partial charge in [0.15, 0.2) is 0 Å². The summed E-state index contributed by atoms with van der Waals surface area (Å²) in [5.41, 5.74) is 7.48. The summed E-state index contributed by atoms with van der Waals surface area (Å²) < 4.78 is 0. The highest BCUT2D eigenvalue weighted by atomic mass is 35.5. The number of benzene rings is 1. The lowest BCUT2D eigenvalue weighted by molar-refractivity contribution is -0.117. The average molecular weight is 259 g/mol. The van der Waals surface area contributed by atoms with Gasteiger partial charge in [0.05, 0.1) is 10.0 Å². The van der Waals surface area contributed by atoms with E-state index < -0.39 is 0 Å². The minimum atomic E-state index is -0.0960. The second-order valence-corrected chi connectivity index (χ2v) is 4.84. The van der Waals surface area contributed by atoms with Crippen LogP contribution >= 0.6 is 23.2 Å². The summed E-state index contributed by atoms with van der Waals surface area (Å²) in [7, 11) is 0. The molecule has 0 bridgehead atoms. The molecule has 5 heteroatoms. The van der Waals surface area contributed by atoms with E-state index in [9.17, 15) is 4.79 Å². The topological polar surface area (TPSA) is 46.3 Å². The first-order chi connectivity index (χ1) is 7.49. The van der Waals surface area contributed by atoms with Gasteiger partial charge in [-0.25, -0.2) is 0 Å². The Kier molecular flexibility index (Phi) is 3.10. The van der Waals surface area contributed by atoms with Crippen molar-refractivity contribution in [3.63, 3.8) is 0 Å². The molecule has 1 aliphatic rings. The van der Waals surface area contributed by atoms with E-state index in [4.69, 9.17) is 28.9 Å². The number of rotatable bonds is 1. The van der Waals surface area contributed by atoms with Crippen LogP contribution in [0.2, 0.25) is 10.0 Å². The van der Waals surface area contributed by atoms with Crippen LogP contribution in [0.4, 0.5) is 5.69 Å². The predicted octanol–water partition coefficient (Wildman–Crippen LogP) is 2.37. The number of carbonyl (C=O) groups excluding carboxylic acids is 1. The molecule has 1 aromatic carbocycles. The van der Waals surface area contributed by atoms with E-state index in [2.05, 4.69) is 0 Å². The highest BCUT2D eigenvalue weighted by Gasteiger charge is 2.29. The molecule has 0 aliphatic carbocycles. The predicted molar refractivity (Wildman–Crippen MR) is 66.1 cm³/mol. The van der Waals surface area contributed by atoms with Crippen molar-refractivity contribution in [3.05, 3.63) is 27.7 Å². The minimum absolute atomic E-state index is 0.0361. The number of hydrogen-bond acceptors (Lipinski definition) is 2. The van der Waals surface area contributed by atoms with Crippen LogP contribution in [-0.2, 0) is 4.79 Å². The first-order valence-corrected chi connectivity index (χ1v) is 5.76. The first-order valence-electron chi connectivity index (χ1n) is 5.00. The van der Waals surface area contributed by atoms with Crippen molar-refractivity contribution in [2.75, 3.05) is 11.4 Å². The molecule has 1 fully saturated rings. The Hall–Kier alpha value is -0.770. The van der Waals surface area contributed by atoms with Gasteiger partial charge in [-0.3, -0.25) is 4.79 Å². The molecule has 0 aromatic heterocycles. The van der Waals surface area contributed by atoms with Gasteiger partial charge in [0, 0.05) is 24.7 Å². The summed E-state index contributed by atoms with van der Waals surface area (Å²) in [5, 5.41) is 0.953. The largest absolute Gasteiger partial charge is 0.326 e. The Balaban J connectivity index is 2.41. The number of aryl methyl sites for hydroxylation is 1. The van der Waals surface area contributed by atoms with Crippen molar-refractivity contribution in [1.82, 2.24) is 0 Å². The highest BCUT2D eigenvalue weighted by Crippen LogP contribution is 2.32. The van der Waals surface area contributed by atoms with Crippen molar-refractivity contribution in [1.29, 1.82) is 0 Å². The number of carbonyl (C=O) groups is 1. The summed E-state index contributed by atoms with van der Waals surface area (Å²) in [6, 6.07) is 3.38. The van der Waals surface area contributed by atoms with Crippen LogP contribution in [0.5, 0.6) is 0 Å². The van der Waals surface area contributed by atoms with Gasteiger partial charge < -0.3 is 10.6 Å². The standard InChI is InChI=1S/C11H12Cl2N2O/c1-6-2-8(12)9(13)4-10(6)15-5-7(14)3-11(15)16/h2,4,7H,3,5,14H2,1H3. The van der Waals surface area contributed by atoms with Gasteiger partial charge in [-0.2, -0.15) is 0 Å². The Bertz CT molecular complexity index is 448. The van der Waals surface area contributed by atoms with Crippen molar-refractivity contribution < 1.29 is 4.79 Å². The Morgan fingerprint density at radius 1 is 1.38 bits per heavy atom. The SMILES string of the molecule is Cc1cc(Cl)c(Cl)cc1N1CC(N)CC1=O. The quantitative estimate of drug-likeness (QED) is 0.841. The normalized spacial score (nSPS) is 20.6. The summed E-state index contributed by atoms with van der Waals surface area (Å²) >= 11 is 11.8. The lowest BCUT2D eigenvalue weighted by Gasteiger charge is -2.19. The molecule has 1 amide bonds. The summed E-state index contributed by atoms with van der Waals surface area (Å²) in [5.74, 6) is 0.0361. The second-order valence-electron chi connectivity index (χ2n) is 4.02. The van der Waals surface area contributed by atoms with Crippen LogP contribution in [0.3, 0.4) is 0 Å². The molecule has 86 valence electrons. The maximum absolute atomic E-state index is 11.7. The van der Waals surface area contributed by atoms with Crippen molar-refractivity contribution in [3.8, 4) is 0 Å². The lowest BCUT2D eigenvalue weighted by atomic mass is 10.2. The molecule has 1 aromatic rings. The summed E-state index contributed by atoms with van der Waals surface area (Å²) in [4.78, 5) is 13.4. The van der Waals surface area contributed by atoms with Gasteiger partial charge in [-0.1, -0.05) is 23.2 Å². The molecule has 0 spiro atoms. The molecule has 0 radical (unpaired) electrons. The fourth-order valence-corrected chi connectivity index (χ4v) is 2.27. The molecular formula is C11H12Cl2N2O. The van der Waals surface area contributed by atoms with Crippen LogP contribution in [0.25, 0.3) is 0 Å². The van der Waals surface area contributed by atoms with Crippen molar-refractivity contribution >= 4 is 34.8 Å². The molecule has 16 heavy (non-hydrogen) atoms. The van der Waals surface area contributed by atoms with E-state index in [0.717, 1.165) is 11.3 Å². The lowest BCUT2D eigenvalue weighted by Crippen LogP contribution is -2.28. The number of amides is 1. The van der Waals surface area contributed by atoms with Gasteiger partial charge in [-0.15, -0.1) is 0 Å². The van der Waals surface area contributed by atoms with E-state index >= 15 is 0 Å². The molecule has 1 atom stereocenters. The maximum Gasteiger partial charge on any atom is 0.228 e. The van der Waals surface area contributed by atoms with Crippen molar-refractivity contribution in [2.45, 2.75) is 19.4 Å². The number of nitrogens with two attached hydrogens (primary N) is 1. The van der Waals surface area contributed by atoms with E-state index in [1.165, 1.54) is 0 Å². The first kappa shape index (κ1) is 11.7. The summed E-state index contributed by atoms with van der Waals surface area (Å²) in [6.45, 7) is 2.44. The Morgan fingerprint density at radius 3 is 2.56 bits per heavy atom. The molecule has 1 aliphatic heterocycles. The third-order valence-electron chi connectivity index (χ3n) is 2.68. The Labute approximate surface area is 104 Å². The number of halogens is 2. The smallest absolute Gasteiger partial charge is 0.228 e. The number of hydrogen-bond donors (Lipinski definition) is 1. The fraction of sp³-hybridized carbons (Fsp3) is 0.364. The Morgan fingerprint density at radius 2 is 2.00 bits per heavy atom. The van der Waals surface area contributed by atoms with E-state index in [0.29, 0.717) is 23.0 Å². The van der Waals surface area contributed by atoms with Crippen LogP contribution in [0.15, 0.2) is 12.1 Å². The van der Waals surface area contributed by atoms with Gasteiger partial charge in [0.1, 0.15) is 0 Å². The van der Waals surface area contributed by atoms with E-state index in [1.54, 1.807) is 17.0 Å². The zero-order valence-electron chi connectivity index (χ0n) is 8.84. The van der Waals surface area contributed by atoms with Crippen LogP contribution in [0.1, 0.15) is 12.0 Å². The highest BCUT2D eigenvalue weighted by molar-refractivity contribution is 6.42. The van der Waals surface area contributed by atoms with Gasteiger partial charge in [0.25, 0.3) is 0 Å². The average Bonchev–Trinajstić information content (AvgIpc) is 2.51. The van der Waals surface area contributed by atoms with E-state index in [1.807, 2.05) is 6.92 Å². The molecule has 0 saturated carbocycles. The monoisotopic (exact) mass is 258 g/mol. The molecule has 1 heterocycles. The minimum Gasteiger partial charge on any atom is -0.326 e. The van der Waals surface area contributed by atoms with Gasteiger partial charge in [-0.05, 0) is 24.6 Å². The molecule has 2 N–H and O–H groups in total. The molecular weight excluding hydrogens is 247 g/mol. The second kappa shape index (κ2) is 4.24. The molecule has 3 nitrogen and oxygen atoms in total. The molecule has 1 unspecified atom stereocenters. The van der Waals surface area contributed by atoms with Crippen molar-refractivity contribution in [2.24, 2.45) is 5.73 Å². The zero-order valence-corrected chi connectivity index (χ0v) is 10.3. The van der Waals surface area contributed by atoms with Crippen LogP contribution in [0, 0.1) is 6.92 Å². The summed E-state index contributed by atoms with van der Waals surface area (Å²) in [6.07, 6.45) is 0.389. The van der Waals surface area contributed by atoms with Crippen LogP contribution < -0.4 is 10.6 Å². The number of anilines is 1. The molecule has 2 rings (SSSR count). The van der Waals surface area contributed by atoms with Gasteiger partial charge in [0.2, 0.25) is 5.91 Å². The van der Waals surface area contributed by atoms with Crippen LogP contribution in [-0.4, -0.2) is 18.5 Å².